The Bertz CT molecular complexity index is 731. The predicted octanol–water partition coefficient (Wildman–Crippen LogP) is 0.396. The summed E-state index contributed by atoms with van der Waals surface area (Å²) >= 11 is 0. The van der Waals surface area contributed by atoms with Gasteiger partial charge in [-0.15, -0.1) is 0 Å². The summed E-state index contributed by atoms with van der Waals surface area (Å²) in [5, 5.41) is 2.71. The van der Waals surface area contributed by atoms with Crippen molar-refractivity contribution >= 4 is 33.2 Å². The van der Waals surface area contributed by atoms with Crippen molar-refractivity contribution in [2.75, 3.05) is 29.6 Å². The minimum Gasteiger partial charge on any atom is -0.323 e. The SMILES string of the molecule is CS(=O)(=O)N1CCC[C@@H]1C(=O)N1CC(=O)Nc2ccccc21. The van der Waals surface area contributed by atoms with E-state index in [1.54, 1.807) is 24.3 Å². The van der Waals surface area contributed by atoms with E-state index in [0.29, 0.717) is 30.8 Å². The Balaban J connectivity index is 1.94. The van der Waals surface area contributed by atoms with Gasteiger partial charge in [0.15, 0.2) is 0 Å². The third kappa shape index (κ3) is 2.59. The molecule has 3 rings (SSSR count). The fraction of sp³-hybridized carbons (Fsp3) is 0.429. The van der Waals surface area contributed by atoms with E-state index in [9.17, 15) is 18.0 Å². The smallest absolute Gasteiger partial charge is 0.245 e. The normalized spacial score (nSPS) is 22.3. The molecule has 0 aliphatic carbocycles. The Hall–Kier alpha value is -1.93. The molecule has 1 aromatic carbocycles. The summed E-state index contributed by atoms with van der Waals surface area (Å²) in [5.41, 5.74) is 1.17. The summed E-state index contributed by atoms with van der Waals surface area (Å²) in [6.07, 6.45) is 2.23. The first-order chi connectivity index (χ1) is 10.4. The van der Waals surface area contributed by atoms with Gasteiger partial charge in [0.2, 0.25) is 21.8 Å². The number of para-hydroxylation sites is 2. The fourth-order valence-corrected chi connectivity index (χ4v) is 4.11. The Morgan fingerprint density at radius 1 is 1.32 bits per heavy atom. The van der Waals surface area contributed by atoms with Gasteiger partial charge in [0, 0.05) is 6.54 Å². The highest BCUT2D eigenvalue weighted by atomic mass is 32.2. The van der Waals surface area contributed by atoms with Crippen molar-refractivity contribution in [1.82, 2.24) is 4.31 Å². The molecule has 2 amide bonds. The van der Waals surface area contributed by atoms with Crippen LogP contribution in [-0.4, -0.2) is 49.9 Å². The van der Waals surface area contributed by atoms with Crippen LogP contribution < -0.4 is 10.2 Å². The van der Waals surface area contributed by atoms with Crippen molar-refractivity contribution in [2.45, 2.75) is 18.9 Å². The molecular formula is C14H17N3O4S. The second-order valence-corrected chi connectivity index (χ2v) is 7.46. The zero-order chi connectivity index (χ0) is 15.9. The molecule has 2 heterocycles. The van der Waals surface area contributed by atoms with Crippen LogP contribution in [0, 0.1) is 0 Å². The van der Waals surface area contributed by atoms with Gasteiger partial charge in [-0.1, -0.05) is 12.1 Å². The first kappa shape index (κ1) is 15.0. The third-order valence-electron chi connectivity index (χ3n) is 3.95. The van der Waals surface area contributed by atoms with E-state index in [0.717, 1.165) is 6.26 Å². The van der Waals surface area contributed by atoms with Gasteiger partial charge in [0.25, 0.3) is 0 Å². The summed E-state index contributed by atoms with van der Waals surface area (Å²) in [6, 6.07) is 6.28. The maximum Gasteiger partial charge on any atom is 0.245 e. The number of nitrogens with zero attached hydrogens (tertiary/aromatic N) is 2. The molecule has 1 saturated heterocycles. The zero-order valence-electron chi connectivity index (χ0n) is 12.2. The summed E-state index contributed by atoms with van der Waals surface area (Å²) in [6.45, 7) is 0.251. The van der Waals surface area contributed by atoms with Crippen molar-refractivity contribution in [3.05, 3.63) is 24.3 Å². The van der Waals surface area contributed by atoms with E-state index < -0.39 is 16.1 Å². The lowest BCUT2D eigenvalue weighted by molar-refractivity contribution is -0.124. The number of benzene rings is 1. The number of hydrogen-bond acceptors (Lipinski definition) is 4. The van der Waals surface area contributed by atoms with Gasteiger partial charge in [0.05, 0.1) is 17.6 Å². The molecule has 0 spiro atoms. The number of carbonyl (C=O) groups is 2. The monoisotopic (exact) mass is 323 g/mol. The van der Waals surface area contributed by atoms with E-state index in [2.05, 4.69) is 5.32 Å². The van der Waals surface area contributed by atoms with Crippen LogP contribution in [0.1, 0.15) is 12.8 Å². The molecule has 2 aliphatic rings. The van der Waals surface area contributed by atoms with Gasteiger partial charge in [-0.2, -0.15) is 4.31 Å². The highest BCUT2D eigenvalue weighted by Crippen LogP contribution is 2.31. The van der Waals surface area contributed by atoms with E-state index in [-0.39, 0.29) is 18.4 Å². The maximum absolute atomic E-state index is 12.8. The maximum atomic E-state index is 12.8. The molecule has 8 heteroatoms. The lowest BCUT2D eigenvalue weighted by Gasteiger charge is -2.32. The van der Waals surface area contributed by atoms with E-state index in [1.165, 1.54) is 9.21 Å². The Labute approximate surface area is 128 Å². The summed E-state index contributed by atoms with van der Waals surface area (Å²) in [4.78, 5) is 26.0. The number of carbonyl (C=O) groups excluding carboxylic acids is 2. The largest absolute Gasteiger partial charge is 0.323 e. The molecule has 1 N–H and O–H groups in total. The topological polar surface area (TPSA) is 86.8 Å². The fourth-order valence-electron chi connectivity index (χ4n) is 2.99. The number of rotatable bonds is 2. The van der Waals surface area contributed by atoms with Crippen molar-refractivity contribution in [2.24, 2.45) is 0 Å². The number of amides is 2. The Morgan fingerprint density at radius 3 is 2.77 bits per heavy atom. The third-order valence-corrected chi connectivity index (χ3v) is 5.24. The van der Waals surface area contributed by atoms with Gasteiger partial charge >= 0.3 is 0 Å². The Kier molecular flexibility index (Phi) is 3.65. The molecule has 22 heavy (non-hydrogen) atoms. The predicted molar refractivity (Wildman–Crippen MR) is 82.0 cm³/mol. The highest BCUT2D eigenvalue weighted by Gasteiger charge is 2.40. The van der Waals surface area contributed by atoms with Gasteiger partial charge < -0.3 is 5.32 Å². The van der Waals surface area contributed by atoms with Crippen molar-refractivity contribution in [1.29, 1.82) is 0 Å². The molecule has 0 radical (unpaired) electrons. The number of nitrogens with one attached hydrogen (secondary N) is 1. The molecule has 1 aromatic rings. The lowest BCUT2D eigenvalue weighted by atomic mass is 10.1. The van der Waals surface area contributed by atoms with Gasteiger partial charge in [-0.25, -0.2) is 8.42 Å². The molecular weight excluding hydrogens is 306 g/mol. The van der Waals surface area contributed by atoms with Gasteiger partial charge in [0.1, 0.15) is 12.6 Å². The number of sulfonamides is 1. The molecule has 118 valence electrons. The molecule has 0 bridgehead atoms. The van der Waals surface area contributed by atoms with E-state index in [4.69, 9.17) is 0 Å². The summed E-state index contributed by atoms with van der Waals surface area (Å²) in [7, 11) is -3.44. The van der Waals surface area contributed by atoms with Crippen LogP contribution in [0.5, 0.6) is 0 Å². The van der Waals surface area contributed by atoms with Crippen LogP contribution in [0.4, 0.5) is 11.4 Å². The molecule has 1 atom stereocenters. The van der Waals surface area contributed by atoms with E-state index in [1.807, 2.05) is 0 Å². The van der Waals surface area contributed by atoms with Crippen LogP contribution in [0.2, 0.25) is 0 Å². The average Bonchev–Trinajstić information content (AvgIpc) is 2.95. The van der Waals surface area contributed by atoms with Gasteiger partial charge in [-0.3, -0.25) is 14.5 Å². The second kappa shape index (κ2) is 5.36. The quantitative estimate of drug-likeness (QED) is 0.853. The molecule has 0 saturated carbocycles. The van der Waals surface area contributed by atoms with Crippen LogP contribution in [0.15, 0.2) is 24.3 Å². The van der Waals surface area contributed by atoms with Crippen molar-refractivity contribution in [3.8, 4) is 0 Å². The highest BCUT2D eigenvalue weighted by molar-refractivity contribution is 7.88. The standard InChI is InChI=1S/C14H17N3O4S/c1-22(20,21)17-8-4-7-12(17)14(19)16-9-13(18)15-10-5-2-3-6-11(10)16/h2-3,5-6,12H,4,7-9H2,1H3,(H,15,18)/t12-/m1/s1. The number of fused-ring (bicyclic) bond motifs is 1. The summed E-state index contributed by atoms with van der Waals surface area (Å²) in [5.74, 6) is -0.624. The van der Waals surface area contributed by atoms with Crippen molar-refractivity contribution < 1.29 is 18.0 Å². The molecule has 0 unspecified atom stereocenters. The van der Waals surface area contributed by atoms with Crippen LogP contribution in [0.25, 0.3) is 0 Å². The molecule has 0 aromatic heterocycles. The lowest BCUT2D eigenvalue weighted by Crippen LogP contribution is -2.51. The summed E-state index contributed by atoms with van der Waals surface area (Å²) < 4.78 is 24.9. The van der Waals surface area contributed by atoms with Crippen molar-refractivity contribution in [3.63, 3.8) is 0 Å². The molecule has 2 aliphatic heterocycles. The molecule has 1 fully saturated rings. The number of hydrogen-bond donors (Lipinski definition) is 1. The number of anilines is 2. The second-order valence-electron chi connectivity index (χ2n) is 5.52. The molecule has 7 nitrogen and oxygen atoms in total. The van der Waals surface area contributed by atoms with Gasteiger partial charge in [-0.05, 0) is 25.0 Å². The average molecular weight is 323 g/mol. The van der Waals surface area contributed by atoms with Crippen LogP contribution in [-0.2, 0) is 19.6 Å². The minimum atomic E-state index is -3.44. The zero-order valence-corrected chi connectivity index (χ0v) is 13.0. The van der Waals surface area contributed by atoms with Crippen LogP contribution >= 0.6 is 0 Å². The van der Waals surface area contributed by atoms with E-state index >= 15 is 0 Å². The minimum absolute atomic E-state index is 0.0933. The first-order valence-corrected chi connectivity index (χ1v) is 8.90. The Morgan fingerprint density at radius 2 is 2.05 bits per heavy atom. The first-order valence-electron chi connectivity index (χ1n) is 7.05. The van der Waals surface area contributed by atoms with Crippen LogP contribution in [0.3, 0.4) is 0 Å².